The number of benzene rings is 1. The minimum atomic E-state index is -1.13. The molecule has 0 spiro atoms. The molecule has 0 saturated heterocycles. The molecule has 1 aromatic carbocycles. The largest absolute Gasteiger partial charge is 0.496 e. The Kier molecular flexibility index (Phi) is 3.39. The summed E-state index contributed by atoms with van der Waals surface area (Å²) >= 11 is 0. The average Bonchev–Trinajstić information content (AvgIpc) is 2.78. The third kappa shape index (κ3) is 2.24. The molecule has 2 aromatic rings. The quantitative estimate of drug-likeness (QED) is 0.766. The van der Waals surface area contributed by atoms with Crippen LogP contribution in [-0.2, 0) is 11.2 Å². The van der Waals surface area contributed by atoms with Gasteiger partial charge in [0.1, 0.15) is 17.3 Å². The Bertz CT molecular complexity index is 639. The van der Waals surface area contributed by atoms with Crippen LogP contribution in [0.25, 0.3) is 10.9 Å². The van der Waals surface area contributed by atoms with Crippen LogP contribution in [0, 0.1) is 12.7 Å². The Morgan fingerprint density at radius 1 is 1.68 bits per heavy atom. The number of carboxylic acid groups (broad SMARTS) is 1. The van der Waals surface area contributed by atoms with E-state index in [2.05, 4.69) is 10.2 Å². The second-order valence-electron chi connectivity index (χ2n) is 4.28. The standard InChI is InChI=1S/C12H14FN3O3/c1-5-3-8(19-2)9-7(4-6(14)12(17)18)15-16-11(9)10(5)13/h3,6H,4,14H2,1-2H3,(H,15,16)(H,17,18). The van der Waals surface area contributed by atoms with Crippen LogP contribution in [0.5, 0.6) is 5.75 Å². The highest BCUT2D eigenvalue weighted by Gasteiger charge is 2.21. The molecule has 0 aliphatic carbocycles. The number of halogens is 1. The van der Waals surface area contributed by atoms with E-state index in [9.17, 15) is 9.18 Å². The van der Waals surface area contributed by atoms with Crippen LogP contribution in [0.4, 0.5) is 4.39 Å². The first kappa shape index (κ1) is 13.3. The van der Waals surface area contributed by atoms with Crippen LogP contribution >= 0.6 is 0 Å². The van der Waals surface area contributed by atoms with Gasteiger partial charge in [-0.1, -0.05) is 0 Å². The molecule has 1 unspecified atom stereocenters. The molecule has 4 N–H and O–H groups in total. The monoisotopic (exact) mass is 267 g/mol. The van der Waals surface area contributed by atoms with Crippen LogP contribution in [-0.4, -0.2) is 34.4 Å². The molecular weight excluding hydrogens is 253 g/mol. The average molecular weight is 267 g/mol. The number of aryl methyl sites for hydroxylation is 1. The van der Waals surface area contributed by atoms with Gasteiger partial charge >= 0.3 is 5.97 Å². The predicted molar refractivity (Wildman–Crippen MR) is 66.7 cm³/mol. The van der Waals surface area contributed by atoms with Gasteiger partial charge < -0.3 is 15.6 Å². The molecule has 1 aromatic heterocycles. The zero-order valence-electron chi connectivity index (χ0n) is 10.5. The molecule has 0 aliphatic rings. The summed E-state index contributed by atoms with van der Waals surface area (Å²) in [6, 6.07) is 0.459. The van der Waals surface area contributed by atoms with Gasteiger partial charge in [0.15, 0.2) is 5.82 Å². The highest BCUT2D eigenvalue weighted by atomic mass is 19.1. The number of rotatable bonds is 4. The number of H-pyrrole nitrogens is 1. The van der Waals surface area contributed by atoms with E-state index in [1.165, 1.54) is 7.11 Å². The molecule has 2 rings (SSSR count). The number of hydrogen-bond acceptors (Lipinski definition) is 4. The van der Waals surface area contributed by atoms with Crippen molar-refractivity contribution in [1.29, 1.82) is 0 Å². The molecule has 1 atom stereocenters. The summed E-state index contributed by atoms with van der Waals surface area (Å²) < 4.78 is 19.1. The van der Waals surface area contributed by atoms with Gasteiger partial charge in [-0.05, 0) is 18.6 Å². The van der Waals surface area contributed by atoms with E-state index in [-0.39, 0.29) is 11.9 Å². The van der Waals surface area contributed by atoms with E-state index >= 15 is 0 Å². The van der Waals surface area contributed by atoms with E-state index in [1.807, 2.05) is 0 Å². The van der Waals surface area contributed by atoms with E-state index in [0.717, 1.165) is 0 Å². The van der Waals surface area contributed by atoms with Crippen molar-refractivity contribution >= 4 is 16.9 Å². The Morgan fingerprint density at radius 3 is 2.95 bits per heavy atom. The van der Waals surface area contributed by atoms with E-state index in [1.54, 1.807) is 13.0 Å². The fraction of sp³-hybridized carbons (Fsp3) is 0.333. The molecule has 19 heavy (non-hydrogen) atoms. The highest BCUT2D eigenvalue weighted by molar-refractivity contribution is 5.89. The summed E-state index contributed by atoms with van der Waals surface area (Å²) in [7, 11) is 1.46. The molecule has 0 aliphatic heterocycles. The van der Waals surface area contributed by atoms with Crippen LogP contribution in [0.2, 0.25) is 0 Å². The normalized spacial score (nSPS) is 12.6. The number of aromatic amines is 1. The lowest BCUT2D eigenvalue weighted by Crippen LogP contribution is -2.32. The number of nitrogens with two attached hydrogens (primary N) is 1. The van der Waals surface area contributed by atoms with Gasteiger partial charge in [-0.2, -0.15) is 5.10 Å². The molecule has 0 bridgehead atoms. The van der Waals surface area contributed by atoms with Crippen LogP contribution in [0.15, 0.2) is 6.07 Å². The van der Waals surface area contributed by atoms with Crippen molar-refractivity contribution in [2.45, 2.75) is 19.4 Å². The van der Waals surface area contributed by atoms with Crippen LogP contribution < -0.4 is 10.5 Å². The number of hydrogen-bond donors (Lipinski definition) is 3. The number of carboxylic acids is 1. The predicted octanol–water partition coefficient (Wildman–Crippen LogP) is 0.973. The van der Waals surface area contributed by atoms with Crippen molar-refractivity contribution in [1.82, 2.24) is 10.2 Å². The fourth-order valence-corrected chi connectivity index (χ4v) is 1.94. The summed E-state index contributed by atoms with van der Waals surface area (Å²) in [5.41, 5.74) is 6.46. The van der Waals surface area contributed by atoms with Crippen molar-refractivity contribution < 1.29 is 19.0 Å². The number of nitrogens with zero attached hydrogens (tertiary/aromatic N) is 1. The zero-order chi connectivity index (χ0) is 14.2. The molecule has 0 saturated carbocycles. The van der Waals surface area contributed by atoms with E-state index in [0.29, 0.717) is 22.4 Å². The molecule has 0 fully saturated rings. The van der Waals surface area contributed by atoms with Crippen molar-refractivity contribution in [3.63, 3.8) is 0 Å². The molecule has 1 heterocycles. The summed E-state index contributed by atoms with van der Waals surface area (Å²) in [5, 5.41) is 15.7. The van der Waals surface area contributed by atoms with Gasteiger partial charge in [0.05, 0.1) is 12.5 Å². The lowest BCUT2D eigenvalue weighted by atomic mass is 10.1. The number of aliphatic carboxylic acids is 1. The maximum absolute atomic E-state index is 13.9. The maximum Gasteiger partial charge on any atom is 0.320 e. The molecular formula is C12H14FN3O3. The van der Waals surface area contributed by atoms with Gasteiger partial charge in [-0.25, -0.2) is 4.39 Å². The molecule has 6 nitrogen and oxygen atoms in total. The minimum absolute atomic E-state index is 0.0185. The molecule has 0 radical (unpaired) electrons. The summed E-state index contributed by atoms with van der Waals surface area (Å²) in [6.45, 7) is 1.61. The minimum Gasteiger partial charge on any atom is -0.496 e. The SMILES string of the molecule is COc1cc(C)c(F)c2n[nH]c(CC(N)C(=O)O)c12. The number of methoxy groups -OCH3 is 1. The second kappa shape index (κ2) is 4.85. The first-order chi connectivity index (χ1) is 8.95. The third-order valence-corrected chi connectivity index (χ3v) is 2.95. The van der Waals surface area contributed by atoms with Gasteiger partial charge in [0.25, 0.3) is 0 Å². The van der Waals surface area contributed by atoms with Crippen molar-refractivity contribution in [2.24, 2.45) is 5.73 Å². The Hall–Kier alpha value is -2.15. The van der Waals surface area contributed by atoms with Gasteiger partial charge in [0.2, 0.25) is 0 Å². The van der Waals surface area contributed by atoms with Crippen LogP contribution in [0.3, 0.4) is 0 Å². The lowest BCUT2D eigenvalue weighted by Gasteiger charge is -2.08. The Morgan fingerprint density at radius 2 is 2.37 bits per heavy atom. The maximum atomic E-state index is 13.9. The third-order valence-electron chi connectivity index (χ3n) is 2.95. The summed E-state index contributed by atoms with van der Waals surface area (Å²) in [6.07, 6.45) is 0.0185. The van der Waals surface area contributed by atoms with Crippen molar-refractivity contribution in [2.75, 3.05) is 7.11 Å². The molecule has 0 amide bonds. The zero-order valence-corrected chi connectivity index (χ0v) is 10.5. The number of ether oxygens (including phenoxy) is 1. The fourth-order valence-electron chi connectivity index (χ4n) is 1.94. The number of carbonyl (C=O) groups is 1. The van der Waals surface area contributed by atoms with Crippen LogP contribution in [0.1, 0.15) is 11.3 Å². The van der Waals surface area contributed by atoms with E-state index in [4.69, 9.17) is 15.6 Å². The Labute approximate surface area is 108 Å². The number of fused-ring (bicyclic) bond motifs is 1. The highest BCUT2D eigenvalue weighted by Crippen LogP contribution is 2.31. The topological polar surface area (TPSA) is 101 Å². The lowest BCUT2D eigenvalue weighted by molar-refractivity contribution is -0.138. The van der Waals surface area contributed by atoms with Crippen molar-refractivity contribution in [3.8, 4) is 5.75 Å². The smallest absolute Gasteiger partial charge is 0.320 e. The summed E-state index contributed by atoms with van der Waals surface area (Å²) in [4.78, 5) is 10.8. The number of nitrogens with one attached hydrogen (secondary N) is 1. The molecule has 102 valence electrons. The first-order valence-corrected chi connectivity index (χ1v) is 5.64. The van der Waals surface area contributed by atoms with E-state index < -0.39 is 17.8 Å². The summed E-state index contributed by atoms with van der Waals surface area (Å²) in [5.74, 6) is -1.15. The Balaban J connectivity index is 2.58. The number of aromatic nitrogens is 2. The van der Waals surface area contributed by atoms with Gasteiger partial charge in [-0.3, -0.25) is 9.89 Å². The first-order valence-electron chi connectivity index (χ1n) is 5.64. The van der Waals surface area contributed by atoms with Gasteiger partial charge in [-0.15, -0.1) is 0 Å². The second-order valence-corrected chi connectivity index (χ2v) is 4.28. The van der Waals surface area contributed by atoms with Crippen molar-refractivity contribution in [3.05, 3.63) is 23.1 Å². The molecule has 7 heteroatoms. The van der Waals surface area contributed by atoms with Gasteiger partial charge in [0, 0.05) is 12.1 Å².